The third kappa shape index (κ3) is 5.42. The number of morpholine rings is 1. The second-order valence-corrected chi connectivity index (χ2v) is 7.06. The largest absolute Gasteiger partial charge is 0.374 e. The van der Waals surface area contributed by atoms with E-state index < -0.39 is 0 Å². The molecule has 0 radical (unpaired) electrons. The standard InChI is InChI=1S/C20H25ClN4O2/c1-15-18(20(21)24(2)23-15)8-9-19(26)22-12-17-14-25(10-11-27-17)13-16-6-4-3-5-7-16/h3-9,17H,10-14H2,1-2H3,(H,22,26)/b9-8+. The Morgan fingerprint density at radius 1 is 1.41 bits per heavy atom. The summed E-state index contributed by atoms with van der Waals surface area (Å²) in [5.74, 6) is -0.168. The van der Waals surface area contributed by atoms with Gasteiger partial charge in [0.25, 0.3) is 0 Å². The number of ether oxygens (including phenoxy) is 1. The van der Waals surface area contributed by atoms with Crippen molar-refractivity contribution in [3.63, 3.8) is 0 Å². The van der Waals surface area contributed by atoms with Crippen LogP contribution in [-0.4, -0.2) is 52.9 Å². The smallest absolute Gasteiger partial charge is 0.244 e. The lowest BCUT2D eigenvalue weighted by molar-refractivity contribution is -0.117. The summed E-state index contributed by atoms with van der Waals surface area (Å²) < 4.78 is 7.37. The van der Waals surface area contributed by atoms with E-state index in [2.05, 4.69) is 39.6 Å². The fourth-order valence-electron chi connectivity index (χ4n) is 3.16. The number of carbonyl (C=O) groups excluding carboxylic acids is 1. The molecule has 7 heteroatoms. The molecule has 1 amide bonds. The maximum Gasteiger partial charge on any atom is 0.244 e. The zero-order valence-corrected chi connectivity index (χ0v) is 16.4. The van der Waals surface area contributed by atoms with Crippen molar-refractivity contribution in [2.75, 3.05) is 26.2 Å². The average molecular weight is 389 g/mol. The Morgan fingerprint density at radius 2 is 2.19 bits per heavy atom. The first-order valence-electron chi connectivity index (χ1n) is 9.06. The average Bonchev–Trinajstić information content (AvgIpc) is 2.91. The molecule has 0 aliphatic carbocycles. The Bertz CT molecular complexity index is 804. The van der Waals surface area contributed by atoms with E-state index in [4.69, 9.17) is 16.3 Å². The maximum atomic E-state index is 12.1. The number of aromatic nitrogens is 2. The third-order valence-corrected chi connectivity index (χ3v) is 5.02. The molecule has 2 heterocycles. The van der Waals surface area contributed by atoms with Gasteiger partial charge in [-0.25, -0.2) is 0 Å². The molecule has 6 nitrogen and oxygen atoms in total. The summed E-state index contributed by atoms with van der Waals surface area (Å²) in [5.41, 5.74) is 2.84. The molecule has 1 saturated heterocycles. The number of nitrogens with zero attached hydrogens (tertiary/aromatic N) is 3. The van der Waals surface area contributed by atoms with Gasteiger partial charge in [-0.1, -0.05) is 41.9 Å². The molecule has 1 fully saturated rings. The van der Waals surface area contributed by atoms with Crippen LogP contribution < -0.4 is 5.32 Å². The molecule has 1 aromatic heterocycles. The molecular formula is C20H25ClN4O2. The van der Waals surface area contributed by atoms with Crippen molar-refractivity contribution in [3.8, 4) is 0 Å². The van der Waals surface area contributed by atoms with Gasteiger partial charge in [-0.2, -0.15) is 5.10 Å². The van der Waals surface area contributed by atoms with E-state index in [-0.39, 0.29) is 12.0 Å². The molecule has 1 N–H and O–H groups in total. The van der Waals surface area contributed by atoms with Crippen molar-refractivity contribution in [2.24, 2.45) is 7.05 Å². The van der Waals surface area contributed by atoms with E-state index in [9.17, 15) is 4.79 Å². The number of carbonyl (C=O) groups is 1. The fourth-order valence-corrected chi connectivity index (χ4v) is 3.39. The van der Waals surface area contributed by atoms with E-state index in [0.29, 0.717) is 18.3 Å². The molecule has 0 bridgehead atoms. The quantitative estimate of drug-likeness (QED) is 0.772. The summed E-state index contributed by atoms with van der Waals surface area (Å²) in [5, 5.41) is 7.65. The van der Waals surface area contributed by atoms with Crippen LogP contribution in [0, 0.1) is 6.92 Å². The SMILES string of the molecule is Cc1nn(C)c(Cl)c1/C=C/C(=O)NCC1CN(Cc2ccccc2)CCO1. The molecule has 1 aromatic carbocycles. The summed E-state index contributed by atoms with van der Waals surface area (Å²) in [4.78, 5) is 14.5. The lowest BCUT2D eigenvalue weighted by Gasteiger charge is -2.33. The highest BCUT2D eigenvalue weighted by Crippen LogP contribution is 2.19. The molecule has 2 aromatic rings. The normalized spacial score (nSPS) is 18.1. The minimum absolute atomic E-state index is 0.0106. The van der Waals surface area contributed by atoms with E-state index in [1.54, 1.807) is 17.8 Å². The Balaban J connectivity index is 1.47. The number of amides is 1. The molecule has 3 rings (SSSR count). The molecule has 0 spiro atoms. The van der Waals surface area contributed by atoms with E-state index in [1.807, 2.05) is 13.0 Å². The van der Waals surface area contributed by atoms with Crippen molar-refractivity contribution in [1.82, 2.24) is 20.0 Å². The van der Waals surface area contributed by atoms with Crippen LogP contribution in [0.4, 0.5) is 0 Å². The van der Waals surface area contributed by atoms with Crippen LogP contribution in [0.2, 0.25) is 5.15 Å². The Labute approximate surface area is 164 Å². The van der Waals surface area contributed by atoms with Gasteiger partial charge in [0.2, 0.25) is 5.91 Å². The molecule has 1 aliphatic heterocycles. The van der Waals surface area contributed by atoms with Gasteiger partial charge >= 0.3 is 0 Å². The lowest BCUT2D eigenvalue weighted by Crippen LogP contribution is -2.46. The minimum Gasteiger partial charge on any atom is -0.374 e. The Kier molecular flexibility index (Phi) is 6.66. The molecule has 144 valence electrons. The first-order valence-corrected chi connectivity index (χ1v) is 9.43. The van der Waals surface area contributed by atoms with Gasteiger partial charge < -0.3 is 10.1 Å². The molecular weight excluding hydrogens is 364 g/mol. The van der Waals surface area contributed by atoms with Crippen molar-refractivity contribution >= 4 is 23.6 Å². The second-order valence-electron chi connectivity index (χ2n) is 6.71. The van der Waals surface area contributed by atoms with Crippen LogP contribution in [0.15, 0.2) is 36.4 Å². The van der Waals surface area contributed by atoms with Gasteiger partial charge in [0, 0.05) is 44.9 Å². The number of nitrogens with one attached hydrogen (secondary N) is 1. The van der Waals surface area contributed by atoms with Crippen molar-refractivity contribution in [1.29, 1.82) is 0 Å². The van der Waals surface area contributed by atoms with Crippen molar-refractivity contribution in [2.45, 2.75) is 19.6 Å². The summed E-state index contributed by atoms with van der Waals surface area (Å²) in [7, 11) is 1.77. The molecule has 27 heavy (non-hydrogen) atoms. The van der Waals surface area contributed by atoms with Gasteiger partial charge in [-0.3, -0.25) is 14.4 Å². The zero-order chi connectivity index (χ0) is 19.2. The molecule has 1 unspecified atom stereocenters. The Hall–Kier alpha value is -2.15. The van der Waals surface area contributed by atoms with Crippen LogP contribution >= 0.6 is 11.6 Å². The summed E-state index contributed by atoms with van der Waals surface area (Å²) >= 11 is 6.17. The van der Waals surface area contributed by atoms with Crippen molar-refractivity contribution in [3.05, 3.63) is 58.4 Å². The maximum absolute atomic E-state index is 12.1. The van der Waals surface area contributed by atoms with Crippen LogP contribution in [0.5, 0.6) is 0 Å². The van der Waals surface area contributed by atoms with Crippen LogP contribution in [0.3, 0.4) is 0 Å². The first kappa shape index (κ1) is 19.6. The van der Waals surface area contributed by atoms with E-state index in [1.165, 1.54) is 11.6 Å². The predicted molar refractivity (Wildman–Crippen MR) is 106 cm³/mol. The van der Waals surface area contributed by atoms with Crippen LogP contribution in [0.1, 0.15) is 16.8 Å². The number of halogens is 1. The zero-order valence-electron chi connectivity index (χ0n) is 15.7. The molecule has 0 saturated carbocycles. The highest BCUT2D eigenvalue weighted by Gasteiger charge is 2.20. The third-order valence-electron chi connectivity index (χ3n) is 4.57. The monoisotopic (exact) mass is 388 g/mol. The number of hydrogen-bond donors (Lipinski definition) is 1. The van der Waals surface area contributed by atoms with E-state index in [0.717, 1.165) is 30.9 Å². The van der Waals surface area contributed by atoms with Crippen LogP contribution in [-0.2, 0) is 23.1 Å². The number of hydrogen-bond acceptors (Lipinski definition) is 4. The van der Waals surface area contributed by atoms with Gasteiger partial charge in [0.1, 0.15) is 5.15 Å². The van der Waals surface area contributed by atoms with Gasteiger partial charge in [-0.05, 0) is 18.6 Å². The van der Waals surface area contributed by atoms with Gasteiger partial charge in [0.15, 0.2) is 0 Å². The Morgan fingerprint density at radius 3 is 2.89 bits per heavy atom. The summed E-state index contributed by atoms with van der Waals surface area (Å²) in [6.07, 6.45) is 3.17. The highest BCUT2D eigenvalue weighted by molar-refractivity contribution is 6.31. The summed E-state index contributed by atoms with van der Waals surface area (Å²) in [6, 6.07) is 10.4. The van der Waals surface area contributed by atoms with Crippen LogP contribution in [0.25, 0.3) is 6.08 Å². The lowest BCUT2D eigenvalue weighted by atomic mass is 10.2. The van der Waals surface area contributed by atoms with Crippen molar-refractivity contribution < 1.29 is 9.53 Å². The van der Waals surface area contributed by atoms with Gasteiger partial charge in [0.05, 0.1) is 18.4 Å². The number of rotatable bonds is 6. The molecule has 1 atom stereocenters. The fraction of sp³-hybridized carbons (Fsp3) is 0.400. The number of aryl methyl sites for hydroxylation is 2. The summed E-state index contributed by atoms with van der Waals surface area (Å²) in [6.45, 7) is 5.61. The second kappa shape index (κ2) is 9.17. The molecule has 1 aliphatic rings. The van der Waals surface area contributed by atoms with Gasteiger partial charge in [-0.15, -0.1) is 0 Å². The highest BCUT2D eigenvalue weighted by atomic mass is 35.5. The minimum atomic E-state index is -0.168. The first-order chi connectivity index (χ1) is 13.0. The predicted octanol–water partition coefficient (Wildman–Crippen LogP) is 2.41. The topological polar surface area (TPSA) is 59.4 Å². The number of benzene rings is 1. The van der Waals surface area contributed by atoms with E-state index >= 15 is 0 Å².